The van der Waals surface area contributed by atoms with Crippen molar-refractivity contribution in [3.63, 3.8) is 0 Å². The third-order valence-electron chi connectivity index (χ3n) is 3.64. The number of hydrogen-bond donors (Lipinski definition) is 0. The quantitative estimate of drug-likeness (QED) is 0.582. The summed E-state index contributed by atoms with van der Waals surface area (Å²) in [5.41, 5.74) is 1.06. The van der Waals surface area contributed by atoms with Crippen LogP contribution in [0.25, 0.3) is 6.08 Å². The molecule has 0 radical (unpaired) electrons. The molecule has 3 rings (SSSR count). The van der Waals surface area contributed by atoms with Gasteiger partial charge >= 0.3 is 0 Å². The summed E-state index contributed by atoms with van der Waals surface area (Å²) in [7, 11) is 3.07. The van der Waals surface area contributed by atoms with E-state index in [1.165, 1.54) is 14.2 Å². The molecule has 26 heavy (non-hydrogen) atoms. The van der Waals surface area contributed by atoms with E-state index in [0.29, 0.717) is 37.2 Å². The largest absolute Gasteiger partial charge is 0.493 e. The molecule has 1 aliphatic heterocycles. The first kappa shape index (κ1) is 18.8. The van der Waals surface area contributed by atoms with Gasteiger partial charge in [0.15, 0.2) is 11.5 Å². The van der Waals surface area contributed by atoms with E-state index in [0.717, 1.165) is 16.7 Å². The highest BCUT2D eigenvalue weighted by molar-refractivity contribution is 9.10. The Morgan fingerprint density at radius 2 is 1.88 bits per heavy atom. The average Bonchev–Trinajstić information content (AvgIpc) is 2.88. The summed E-state index contributed by atoms with van der Waals surface area (Å²) < 4.78 is 11.3. The minimum atomic E-state index is -0.418. The lowest BCUT2D eigenvalue weighted by Gasteiger charge is -2.13. The fourth-order valence-electron chi connectivity index (χ4n) is 2.48. The van der Waals surface area contributed by atoms with Gasteiger partial charge < -0.3 is 9.47 Å². The molecule has 8 heteroatoms. The maximum Gasteiger partial charge on any atom is 0.298 e. The van der Waals surface area contributed by atoms with Crippen molar-refractivity contribution in [2.45, 2.75) is 0 Å². The summed E-state index contributed by atoms with van der Waals surface area (Å²) in [4.78, 5) is 26.4. The summed E-state index contributed by atoms with van der Waals surface area (Å²) in [6.07, 6.45) is 1.63. The number of hydrogen-bond acceptors (Lipinski definition) is 5. The second-order valence-electron chi connectivity index (χ2n) is 5.21. The lowest BCUT2D eigenvalue weighted by atomic mass is 10.2. The Balaban J connectivity index is 1.99. The molecule has 2 aromatic carbocycles. The summed E-state index contributed by atoms with van der Waals surface area (Å²) in [6, 6.07) is 10.2. The summed E-state index contributed by atoms with van der Waals surface area (Å²) in [6.45, 7) is 0. The Morgan fingerprint density at radius 3 is 2.54 bits per heavy atom. The van der Waals surface area contributed by atoms with Crippen LogP contribution < -0.4 is 14.4 Å². The maximum absolute atomic E-state index is 12.7. The summed E-state index contributed by atoms with van der Waals surface area (Å²) >= 11 is 10.4. The smallest absolute Gasteiger partial charge is 0.298 e. The molecule has 1 heterocycles. The second-order valence-corrected chi connectivity index (χ2v) is 7.46. The van der Waals surface area contributed by atoms with Gasteiger partial charge in [-0.2, -0.15) is 0 Å². The molecular weight excluding hydrogens is 442 g/mol. The van der Waals surface area contributed by atoms with E-state index in [1.54, 1.807) is 42.5 Å². The number of carbonyl (C=O) groups is 2. The number of carbonyl (C=O) groups excluding carboxylic acids is 2. The van der Waals surface area contributed by atoms with Crippen LogP contribution in [0.4, 0.5) is 10.5 Å². The number of methoxy groups -OCH3 is 2. The lowest BCUT2D eigenvalue weighted by Crippen LogP contribution is -2.27. The zero-order chi connectivity index (χ0) is 18.8. The monoisotopic (exact) mass is 453 g/mol. The van der Waals surface area contributed by atoms with Crippen LogP contribution in [0.15, 0.2) is 45.8 Å². The molecule has 0 N–H and O–H groups in total. The SMILES string of the molecule is COc1cc(/C=C2\SC(=O)N(c3ccccc3Cl)C2=O)cc(Br)c1OC. The summed E-state index contributed by atoms with van der Waals surface area (Å²) in [5.74, 6) is 0.645. The van der Waals surface area contributed by atoms with E-state index >= 15 is 0 Å². The predicted octanol–water partition coefficient (Wildman–Crippen LogP) is 5.36. The van der Waals surface area contributed by atoms with Crippen LogP contribution in [0.1, 0.15) is 5.56 Å². The Morgan fingerprint density at radius 1 is 1.15 bits per heavy atom. The van der Waals surface area contributed by atoms with Crippen molar-refractivity contribution in [1.82, 2.24) is 0 Å². The normalized spacial score (nSPS) is 15.7. The minimum Gasteiger partial charge on any atom is -0.493 e. The maximum atomic E-state index is 12.7. The highest BCUT2D eigenvalue weighted by Crippen LogP contribution is 2.40. The van der Waals surface area contributed by atoms with Gasteiger partial charge in [-0.3, -0.25) is 9.59 Å². The van der Waals surface area contributed by atoms with E-state index in [4.69, 9.17) is 21.1 Å². The van der Waals surface area contributed by atoms with Gasteiger partial charge in [-0.05, 0) is 63.6 Å². The molecule has 0 aliphatic carbocycles. The molecule has 0 bridgehead atoms. The zero-order valence-corrected chi connectivity index (χ0v) is 16.9. The van der Waals surface area contributed by atoms with E-state index in [1.807, 2.05) is 0 Å². The van der Waals surface area contributed by atoms with Crippen LogP contribution in [0.2, 0.25) is 5.02 Å². The summed E-state index contributed by atoms with van der Waals surface area (Å²) in [5, 5.41) is -0.0567. The molecule has 134 valence electrons. The zero-order valence-electron chi connectivity index (χ0n) is 13.8. The predicted molar refractivity (Wildman–Crippen MR) is 107 cm³/mol. The Labute approximate surface area is 168 Å². The van der Waals surface area contributed by atoms with E-state index in [9.17, 15) is 9.59 Å². The van der Waals surface area contributed by atoms with Gasteiger partial charge in [0, 0.05) is 0 Å². The van der Waals surface area contributed by atoms with Crippen molar-refractivity contribution in [2.24, 2.45) is 0 Å². The van der Waals surface area contributed by atoms with Gasteiger partial charge in [-0.1, -0.05) is 23.7 Å². The number of imide groups is 1. The van der Waals surface area contributed by atoms with Gasteiger partial charge in [0.05, 0.1) is 34.3 Å². The molecule has 2 aromatic rings. The number of anilines is 1. The van der Waals surface area contributed by atoms with Crippen molar-refractivity contribution >= 4 is 62.2 Å². The number of halogens is 2. The molecule has 0 atom stereocenters. The number of rotatable bonds is 4. The molecular formula is C18H13BrClNO4S. The molecule has 2 amide bonds. The van der Waals surface area contributed by atoms with Crippen molar-refractivity contribution in [3.8, 4) is 11.5 Å². The first-order valence-corrected chi connectivity index (χ1v) is 9.39. The first-order chi connectivity index (χ1) is 12.5. The lowest BCUT2D eigenvalue weighted by molar-refractivity contribution is -0.113. The topological polar surface area (TPSA) is 55.8 Å². The Bertz CT molecular complexity index is 931. The van der Waals surface area contributed by atoms with Crippen molar-refractivity contribution in [3.05, 3.63) is 56.4 Å². The molecule has 0 saturated carbocycles. The Kier molecular flexibility index (Phi) is 5.60. The van der Waals surface area contributed by atoms with Gasteiger partial charge in [-0.25, -0.2) is 4.90 Å². The Hall–Kier alpha value is -1.96. The van der Waals surface area contributed by atoms with Crippen LogP contribution in [0.5, 0.6) is 11.5 Å². The molecule has 1 aliphatic rings. The van der Waals surface area contributed by atoms with Crippen LogP contribution >= 0.6 is 39.3 Å². The molecule has 5 nitrogen and oxygen atoms in total. The number of benzene rings is 2. The molecule has 0 aromatic heterocycles. The fourth-order valence-corrected chi connectivity index (χ4v) is 4.16. The fraction of sp³-hybridized carbons (Fsp3) is 0.111. The van der Waals surface area contributed by atoms with E-state index in [-0.39, 0.29) is 0 Å². The van der Waals surface area contributed by atoms with Crippen molar-refractivity contribution in [2.75, 3.05) is 19.1 Å². The number of ether oxygens (including phenoxy) is 2. The third-order valence-corrected chi connectivity index (χ3v) is 5.42. The molecule has 1 fully saturated rings. The van der Waals surface area contributed by atoms with Gasteiger partial charge in [-0.15, -0.1) is 0 Å². The second kappa shape index (κ2) is 7.73. The average molecular weight is 455 g/mol. The van der Waals surface area contributed by atoms with E-state index < -0.39 is 11.1 Å². The number of para-hydroxylation sites is 1. The first-order valence-electron chi connectivity index (χ1n) is 7.40. The minimum absolute atomic E-state index is 0.300. The van der Waals surface area contributed by atoms with Crippen LogP contribution in [0, 0.1) is 0 Å². The van der Waals surface area contributed by atoms with Gasteiger partial charge in [0.2, 0.25) is 0 Å². The molecule has 0 spiro atoms. The highest BCUT2D eigenvalue weighted by atomic mass is 79.9. The number of nitrogens with zero attached hydrogens (tertiary/aromatic N) is 1. The van der Waals surface area contributed by atoms with Crippen LogP contribution in [-0.4, -0.2) is 25.4 Å². The number of amides is 2. The van der Waals surface area contributed by atoms with Crippen molar-refractivity contribution in [1.29, 1.82) is 0 Å². The highest BCUT2D eigenvalue weighted by Gasteiger charge is 2.37. The van der Waals surface area contributed by atoms with Crippen LogP contribution in [0.3, 0.4) is 0 Å². The molecule has 1 saturated heterocycles. The van der Waals surface area contributed by atoms with Gasteiger partial charge in [0.1, 0.15) is 0 Å². The van der Waals surface area contributed by atoms with Gasteiger partial charge in [0.25, 0.3) is 11.1 Å². The van der Waals surface area contributed by atoms with Crippen LogP contribution in [-0.2, 0) is 4.79 Å². The van der Waals surface area contributed by atoms with Crippen molar-refractivity contribution < 1.29 is 19.1 Å². The third kappa shape index (κ3) is 3.47. The number of thioether (sulfide) groups is 1. The van der Waals surface area contributed by atoms with E-state index in [2.05, 4.69) is 15.9 Å². The molecule has 0 unspecified atom stereocenters. The standard InChI is InChI=1S/C18H13BrClNO4S/c1-24-14-8-10(7-11(19)16(14)25-2)9-15-17(22)21(18(23)26-15)13-6-4-3-5-12(13)20/h3-9H,1-2H3/b15-9-.